The molecule has 0 unspecified atom stereocenters. The molecule has 14 heavy (non-hydrogen) atoms. The first kappa shape index (κ1) is 10.8. The number of para-hydroxylation sites is 1. The predicted octanol–water partition coefficient (Wildman–Crippen LogP) is 3.90. The minimum Gasteiger partial charge on any atom is -0.483 e. The Balaban J connectivity index is 0.000000461. The van der Waals surface area contributed by atoms with Crippen molar-refractivity contribution in [3.8, 4) is 5.75 Å². The van der Waals surface area contributed by atoms with Crippen molar-refractivity contribution in [3.05, 3.63) is 35.9 Å². The summed E-state index contributed by atoms with van der Waals surface area (Å²) in [5.74, 6) is 0.977. The summed E-state index contributed by atoms with van der Waals surface area (Å²) < 4.78 is 5.73. The van der Waals surface area contributed by atoms with Crippen molar-refractivity contribution in [1.29, 1.82) is 0 Å². The van der Waals surface area contributed by atoms with Crippen LogP contribution in [0.4, 0.5) is 0 Å². The molecule has 0 aromatic heterocycles. The number of hydrogen-bond donors (Lipinski definition) is 0. The molecule has 0 radical (unpaired) electrons. The van der Waals surface area contributed by atoms with Gasteiger partial charge in [-0.05, 0) is 26.0 Å². The van der Waals surface area contributed by atoms with Crippen molar-refractivity contribution in [1.82, 2.24) is 0 Å². The number of hydrogen-bond acceptors (Lipinski definition) is 1. The molecule has 1 aliphatic rings. The van der Waals surface area contributed by atoms with Crippen LogP contribution in [0.3, 0.4) is 0 Å². The summed E-state index contributed by atoms with van der Waals surface area (Å²) in [5.41, 5.74) is 1.01. The number of fused-ring (bicyclic) bond motifs is 1. The average molecular weight is 190 g/mol. The molecule has 0 saturated carbocycles. The lowest BCUT2D eigenvalue weighted by atomic mass is 10.0. The van der Waals surface area contributed by atoms with Crippen molar-refractivity contribution in [2.45, 2.75) is 33.3 Å². The zero-order valence-corrected chi connectivity index (χ0v) is 9.37. The molecule has 2 rings (SSSR count). The van der Waals surface area contributed by atoms with E-state index in [1.807, 2.05) is 32.0 Å². The van der Waals surface area contributed by atoms with Gasteiger partial charge < -0.3 is 4.74 Å². The van der Waals surface area contributed by atoms with Gasteiger partial charge in [-0.15, -0.1) is 0 Å². The highest BCUT2D eigenvalue weighted by Gasteiger charge is 2.20. The summed E-state index contributed by atoms with van der Waals surface area (Å²) in [6.45, 7) is 8.11. The van der Waals surface area contributed by atoms with E-state index in [2.05, 4.69) is 32.1 Å². The molecule has 76 valence electrons. The standard InChI is InChI=1S/C11H12O.C2H6/c1-11(2)8-7-9-5-3-4-6-10(9)12-11;1-2/h3-8H,1-2H3;1-2H3. The van der Waals surface area contributed by atoms with Gasteiger partial charge in [-0.3, -0.25) is 0 Å². The molecule has 0 aliphatic carbocycles. The van der Waals surface area contributed by atoms with Crippen LogP contribution in [0.1, 0.15) is 33.3 Å². The number of benzene rings is 1. The van der Waals surface area contributed by atoms with E-state index in [1.165, 1.54) is 0 Å². The molecule has 0 bridgehead atoms. The SMILES string of the molecule is CC.CC1(C)C=Cc2ccccc2O1. The summed E-state index contributed by atoms with van der Waals surface area (Å²) in [5, 5.41) is 0. The van der Waals surface area contributed by atoms with Gasteiger partial charge in [-0.1, -0.05) is 38.1 Å². The van der Waals surface area contributed by atoms with Crippen LogP contribution in [0.25, 0.3) is 6.08 Å². The van der Waals surface area contributed by atoms with E-state index >= 15 is 0 Å². The van der Waals surface area contributed by atoms with Crippen LogP contribution in [0.15, 0.2) is 30.3 Å². The minimum absolute atomic E-state index is 0.158. The maximum Gasteiger partial charge on any atom is 0.127 e. The van der Waals surface area contributed by atoms with E-state index in [0.29, 0.717) is 0 Å². The van der Waals surface area contributed by atoms with E-state index in [1.54, 1.807) is 0 Å². The molecule has 1 aliphatic heterocycles. The van der Waals surface area contributed by atoms with E-state index in [4.69, 9.17) is 4.74 Å². The molecule has 0 spiro atoms. The Morgan fingerprint density at radius 3 is 2.43 bits per heavy atom. The van der Waals surface area contributed by atoms with Crippen molar-refractivity contribution >= 4 is 6.08 Å². The maximum absolute atomic E-state index is 5.73. The fraction of sp³-hybridized carbons (Fsp3) is 0.385. The van der Waals surface area contributed by atoms with Crippen LogP contribution in [0.2, 0.25) is 0 Å². The van der Waals surface area contributed by atoms with Crippen LogP contribution < -0.4 is 4.74 Å². The number of ether oxygens (including phenoxy) is 1. The molecule has 1 heterocycles. The summed E-state index contributed by atoms with van der Waals surface area (Å²) in [6.07, 6.45) is 4.19. The highest BCUT2D eigenvalue weighted by Crippen LogP contribution is 2.29. The molecule has 1 nitrogen and oxygen atoms in total. The molecule has 0 amide bonds. The van der Waals surface area contributed by atoms with E-state index in [0.717, 1.165) is 11.3 Å². The first-order valence-electron chi connectivity index (χ1n) is 5.15. The highest BCUT2D eigenvalue weighted by molar-refractivity contribution is 5.60. The molecule has 1 aromatic rings. The van der Waals surface area contributed by atoms with Crippen LogP contribution in [0, 0.1) is 0 Å². The van der Waals surface area contributed by atoms with Gasteiger partial charge in [0.2, 0.25) is 0 Å². The molecular formula is C13H18O. The Labute approximate surface area is 86.4 Å². The van der Waals surface area contributed by atoms with Crippen molar-refractivity contribution < 1.29 is 4.74 Å². The molecule has 0 N–H and O–H groups in total. The Bertz CT molecular complexity index is 324. The summed E-state index contributed by atoms with van der Waals surface area (Å²) in [7, 11) is 0. The monoisotopic (exact) mass is 190 g/mol. The number of rotatable bonds is 0. The van der Waals surface area contributed by atoms with Gasteiger partial charge in [0.15, 0.2) is 0 Å². The molecule has 1 heteroatoms. The lowest BCUT2D eigenvalue weighted by molar-refractivity contribution is 0.159. The zero-order valence-electron chi connectivity index (χ0n) is 9.37. The van der Waals surface area contributed by atoms with Gasteiger partial charge in [-0.25, -0.2) is 0 Å². The van der Waals surface area contributed by atoms with Crippen LogP contribution in [-0.2, 0) is 0 Å². The molecular weight excluding hydrogens is 172 g/mol. The third kappa shape index (κ3) is 2.38. The first-order valence-corrected chi connectivity index (χ1v) is 5.15. The van der Waals surface area contributed by atoms with Crippen LogP contribution in [0.5, 0.6) is 5.75 Å². The largest absolute Gasteiger partial charge is 0.483 e. The van der Waals surface area contributed by atoms with Gasteiger partial charge in [0.1, 0.15) is 11.4 Å². The Morgan fingerprint density at radius 2 is 1.71 bits per heavy atom. The van der Waals surface area contributed by atoms with Crippen molar-refractivity contribution in [2.24, 2.45) is 0 Å². The lowest BCUT2D eigenvalue weighted by Gasteiger charge is -2.27. The average Bonchev–Trinajstić information content (AvgIpc) is 2.19. The quantitative estimate of drug-likeness (QED) is 0.603. The van der Waals surface area contributed by atoms with Crippen LogP contribution >= 0.6 is 0 Å². The van der Waals surface area contributed by atoms with Gasteiger partial charge in [0.25, 0.3) is 0 Å². The maximum atomic E-state index is 5.73. The summed E-state index contributed by atoms with van der Waals surface area (Å²) in [4.78, 5) is 0. The van der Waals surface area contributed by atoms with E-state index < -0.39 is 0 Å². The second-order valence-electron chi connectivity index (χ2n) is 3.58. The van der Waals surface area contributed by atoms with Gasteiger partial charge in [0.05, 0.1) is 0 Å². The summed E-state index contributed by atoms with van der Waals surface area (Å²) >= 11 is 0. The van der Waals surface area contributed by atoms with Gasteiger partial charge >= 0.3 is 0 Å². The molecule has 0 saturated heterocycles. The third-order valence-corrected chi connectivity index (χ3v) is 1.96. The minimum atomic E-state index is -0.158. The summed E-state index contributed by atoms with van der Waals surface area (Å²) in [6, 6.07) is 8.07. The lowest BCUT2D eigenvalue weighted by Crippen LogP contribution is -2.27. The fourth-order valence-electron chi connectivity index (χ4n) is 1.32. The Kier molecular flexibility index (Phi) is 3.34. The van der Waals surface area contributed by atoms with Crippen molar-refractivity contribution in [3.63, 3.8) is 0 Å². The molecule has 0 atom stereocenters. The molecule has 1 aromatic carbocycles. The van der Waals surface area contributed by atoms with Crippen molar-refractivity contribution in [2.75, 3.05) is 0 Å². The smallest absolute Gasteiger partial charge is 0.127 e. The van der Waals surface area contributed by atoms with E-state index in [-0.39, 0.29) is 5.60 Å². The highest BCUT2D eigenvalue weighted by atomic mass is 16.5. The second-order valence-corrected chi connectivity index (χ2v) is 3.58. The topological polar surface area (TPSA) is 9.23 Å². The fourth-order valence-corrected chi connectivity index (χ4v) is 1.32. The normalized spacial score (nSPS) is 16.0. The van der Waals surface area contributed by atoms with Gasteiger partial charge in [0, 0.05) is 5.56 Å². The zero-order chi connectivity index (χ0) is 10.6. The predicted molar refractivity (Wildman–Crippen MR) is 61.5 cm³/mol. The van der Waals surface area contributed by atoms with Gasteiger partial charge in [-0.2, -0.15) is 0 Å². The first-order chi connectivity index (χ1) is 6.67. The Morgan fingerprint density at radius 1 is 1.07 bits per heavy atom. The third-order valence-electron chi connectivity index (χ3n) is 1.96. The van der Waals surface area contributed by atoms with E-state index in [9.17, 15) is 0 Å². The van der Waals surface area contributed by atoms with Crippen LogP contribution in [-0.4, -0.2) is 5.60 Å². The Hall–Kier alpha value is -1.24. The molecule has 0 fully saturated rings. The second kappa shape index (κ2) is 4.32.